The Hall–Kier alpha value is -2.94. The summed E-state index contributed by atoms with van der Waals surface area (Å²) in [5.74, 6) is -0.328. The summed E-state index contributed by atoms with van der Waals surface area (Å²) in [4.78, 5) is 16.8. The normalized spacial score (nSPS) is 12.2. The molecule has 0 aliphatic rings. The van der Waals surface area contributed by atoms with Crippen molar-refractivity contribution in [2.24, 2.45) is 4.99 Å². The first-order valence-electron chi connectivity index (χ1n) is 8.74. The highest BCUT2D eigenvalue weighted by Crippen LogP contribution is 2.22. The van der Waals surface area contributed by atoms with E-state index < -0.39 is 5.60 Å². The molecule has 0 aliphatic heterocycles. The van der Waals surface area contributed by atoms with E-state index in [1.165, 1.54) is 0 Å². The third-order valence-corrected chi connectivity index (χ3v) is 3.88. The highest BCUT2D eigenvalue weighted by molar-refractivity contribution is 6.19. The molecule has 0 saturated heterocycles. The summed E-state index contributed by atoms with van der Waals surface area (Å²) in [6.45, 7) is 5.57. The van der Waals surface area contributed by atoms with Crippen molar-refractivity contribution in [1.29, 1.82) is 0 Å². The summed E-state index contributed by atoms with van der Waals surface area (Å²) in [6, 6.07) is 24.3. The molecule has 0 aliphatic carbocycles. The van der Waals surface area contributed by atoms with E-state index in [0.717, 1.165) is 27.6 Å². The van der Waals surface area contributed by atoms with Gasteiger partial charge in [0.2, 0.25) is 0 Å². The number of hydrogen-bond donors (Lipinski definition) is 0. The zero-order valence-electron chi connectivity index (χ0n) is 15.4. The van der Waals surface area contributed by atoms with Gasteiger partial charge in [-0.05, 0) is 31.5 Å². The van der Waals surface area contributed by atoms with Gasteiger partial charge in [0, 0.05) is 11.1 Å². The first kappa shape index (κ1) is 17.9. The lowest BCUT2D eigenvalue weighted by Gasteiger charge is -2.19. The average molecular weight is 345 g/mol. The molecule has 0 N–H and O–H groups in total. The molecule has 132 valence electrons. The second-order valence-electron chi connectivity index (χ2n) is 7.14. The number of nitrogens with zero attached hydrogens (tertiary/aromatic N) is 1. The molecule has 0 aromatic heterocycles. The molecule has 0 amide bonds. The molecular weight excluding hydrogens is 322 g/mol. The minimum Gasteiger partial charge on any atom is -0.459 e. The number of ether oxygens (including phenoxy) is 1. The van der Waals surface area contributed by atoms with Gasteiger partial charge >= 0.3 is 5.97 Å². The van der Waals surface area contributed by atoms with Crippen LogP contribution in [0.1, 0.15) is 31.9 Å². The van der Waals surface area contributed by atoms with Crippen LogP contribution in [0.5, 0.6) is 0 Å². The van der Waals surface area contributed by atoms with Crippen LogP contribution in [-0.2, 0) is 9.53 Å². The standard InChI is InChI=1S/C23H23NO2/c1-23(2,3)26-21(25)16-24-22(18-11-5-4-6-12-18)20-15-9-13-17-10-7-8-14-19(17)20/h4-15H,16H2,1-3H3. The predicted molar refractivity (Wildman–Crippen MR) is 107 cm³/mol. The Morgan fingerprint density at radius 3 is 2.27 bits per heavy atom. The molecule has 0 unspecified atom stereocenters. The maximum Gasteiger partial charge on any atom is 0.328 e. The van der Waals surface area contributed by atoms with Gasteiger partial charge in [-0.2, -0.15) is 0 Å². The fraction of sp³-hybridized carbons (Fsp3) is 0.217. The van der Waals surface area contributed by atoms with Gasteiger partial charge < -0.3 is 4.74 Å². The van der Waals surface area contributed by atoms with E-state index in [4.69, 9.17) is 4.74 Å². The molecule has 0 bridgehead atoms. The van der Waals surface area contributed by atoms with Crippen LogP contribution in [0.3, 0.4) is 0 Å². The van der Waals surface area contributed by atoms with Gasteiger partial charge in [0.05, 0.1) is 5.71 Å². The van der Waals surface area contributed by atoms with Gasteiger partial charge in [0.1, 0.15) is 12.1 Å². The Labute approximate surface area is 154 Å². The van der Waals surface area contributed by atoms with Crippen LogP contribution >= 0.6 is 0 Å². The summed E-state index contributed by atoms with van der Waals surface area (Å²) in [7, 11) is 0. The molecule has 3 nitrogen and oxygen atoms in total. The van der Waals surface area contributed by atoms with Crippen LogP contribution < -0.4 is 0 Å². The maximum atomic E-state index is 12.2. The van der Waals surface area contributed by atoms with Crippen molar-refractivity contribution >= 4 is 22.5 Å². The molecule has 3 aromatic rings. The Bertz CT molecular complexity index is 932. The van der Waals surface area contributed by atoms with Crippen molar-refractivity contribution in [3.63, 3.8) is 0 Å². The largest absolute Gasteiger partial charge is 0.459 e. The van der Waals surface area contributed by atoms with Crippen LogP contribution in [0.15, 0.2) is 77.8 Å². The Morgan fingerprint density at radius 1 is 0.885 bits per heavy atom. The number of carbonyl (C=O) groups is 1. The number of rotatable bonds is 4. The van der Waals surface area contributed by atoms with Crippen molar-refractivity contribution < 1.29 is 9.53 Å². The summed E-state index contributed by atoms with van der Waals surface area (Å²) in [5, 5.41) is 2.26. The van der Waals surface area contributed by atoms with Crippen LogP contribution in [0, 0.1) is 0 Å². The molecule has 0 radical (unpaired) electrons. The first-order chi connectivity index (χ1) is 12.4. The van der Waals surface area contributed by atoms with Gasteiger partial charge in [-0.15, -0.1) is 0 Å². The van der Waals surface area contributed by atoms with Gasteiger partial charge in [0.15, 0.2) is 0 Å². The molecule has 0 atom stereocenters. The summed E-state index contributed by atoms with van der Waals surface area (Å²) in [5.41, 5.74) is 2.28. The van der Waals surface area contributed by atoms with E-state index in [9.17, 15) is 4.79 Å². The van der Waals surface area contributed by atoms with Crippen LogP contribution in [0.4, 0.5) is 0 Å². The summed E-state index contributed by atoms with van der Waals surface area (Å²) < 4.78 is 5.40. The smallest absolute Gasteiger partial charge is 0.328 e. The van der Waals surface area contributed by atoms with Crippen molar-refractivity contribution in [2.45, 2.75) is 26.4 Å². The van der Waals surface area contributed by atoms with Gasteiger partial charge in [0.25, 0.3) is 0 Å². The average Bonchev–Trinajstić information content (AvgIpc) is 2.61. The van der Waals surface area contributed by atoms with Crippen molar-refractivity contribution in [2.75, 3.05) is 6.54 Å². The molecule has 3 aromatic carbocycles. The predicted octanol–water partition coefficient (Wildman–Crippen LogP) is 5.02. The lowest BCUT2D eigenvalue weighted by molar-refractivity contribution is -0.152. The minimum atomic E-state index is -0.515. The topological polar surface area (TPSA) is 38.7 Å². The van der Waals surface area contributed by atoms with Gasteiger partial charge in [-0.1, -0.05) is 72.8 Å². The number of fused-ring (bicyclic) bond motifs is 1. The van der Waals surface area contributed by atoms with Gasteiger partial charge in [-0.25, -0.2) is 0 Å². The van der Waals surface area contributed by atoms with Crippen molar-refractivity contribution in [1.82, 2.24) is 0 Å². The number of hydrogen-bond acceptors (Lipinski definition) is 3. The first-order valence-corrected chi connectivity index (χ1v) is 8.74. The number of aliphatic imine (C=N–C) groups is 1. The maximum absolute atomic E-state index is 12.2. The molecule has 26 heavy (non-hydrogen) atoms. The third-order valence-electron chi connectivity index (χ3n) is 3.88. The van der Waals surface area contributed by atoms with E-state index in [1.54, 1.807) is 0 Å². The zero-order valence-corrected chi connectivity index (χ0v) is 15.4. The fourth-order valence-corrected chi connectivity index (χ4v) is 2.88. The molecule has 0 saturated carbocycles. The molecule has 0 fully saturated rings. The van der Waals surface area contributed by atoms with Crippen LogP contribution in [0.2, 0.25) is 0 Å². The number of benzene rings is 3. The highest BCUT2D eigenvalue weighted by Gasteiger charge is 2.17. The molecule has 0 heterocycles. The molecule has 3 rings (SSSR count). The fourth-order valence-electron chi connectivity index (χ4n) is 2.88. The summed E-state index contributed by atoms with van der Waals surface area (Å²) >= 11 is 0. The lowest BCUT2D eigenvalue weighted by atomic mass is 9.96. The monoisotopic (exact) mass is 345 g/mol. The molecule has 0 spiro atoms. The lowest BCUT2D eigenvalue weighted by Crippen LogP contribution is -2.25. The van der Waals surface area contributed by atoms with Crippen LogP contribution in [-0.4, -0.2) is 23.8 Å². The molecule has 3 heteroatoms. The quantitative estimate of drug-likeness (QED) is 0.492. The Balaban J connectivity index is 2.04. The van der Waals surface area contributed by atoms with Crippen LogP contribution in [0.25, 0.3) is 10.8 Å². The number of carbonyl (C=O) groups excluding carboxylic acids is 1. The summed E-state index contributed by atoms with van der Waals surface area (Å²) in [6.07, 6.45) is 0. The zero-order chi connectivity index (χ0) is 18.6. The Kier molecular flexibility index (Phi) is 5.17. The SMILES string of the molecule is CC(C)(C)OC(=O)CN=C(c1ccccc1)c1cccc2ccccc12. The minimum absolute atomic E-state index is 0.00921. The van der Waals surface area contributed by atoms with E-state index >= 15 is 0 Å². The van der Waals surface area contributed by atoms with Crippen molar-refractivity contribution in [3.8, 4) is 0 Å². The Morgan fingerprint density at radius 2 is 1.54 bits per heavy atom. The second kappa shape index (κ2) is 7.52. The molecular formula is C23H23NO2. The highest BCUT2D eigenvalue weighted by atomic mass is 16.6. The van der Waals surface area contributed by atoms with E-state index in [1.807, 2.05) is 75.4 Å². The van der Waals surface area contributed by atoms with E-state index in [0.29, 0.717) is 0 Å². The van der Waals surface area contributed by atoms with E-state index in [2.05, 4.69) is 23.2 Å². The van der Waals surface area contributed by atoms with Gasteiger partial charge in [-0.3, -0.25) is 9.79 Å². The second-order valence-corrected chi connectivity index (χ2v) is 7.14. The third kappa shape index (κ3) is 4.37. The van der Waals surface area contributed by atoms with E-state index in [-0.39, 0.29) is 12.5 Å². The number of esters is 1. The van der Waals surface area contributed by atoms with Crippen molar-refractivity contribution in [3.05, 3.63) is 83.9 Å².